The summed E-state index contributed by atoms with van der Waals surface area (Å²) in [4.78, 5) is 22.4. The van der Waals surface area contributed by atoms with Gasteiger partial charge in [0.15, 0.2) is 17.4 Å². The van der Waals surface area contributed by atoms with Crippen LogP contribution in [-0.2, 0) is 15.0 Å². The Morgan fingerprint density at radius 3 is 1.25 bits per heavy atom. The van der Waals surface area contributed by atoms with Crippen LogP contribution in [0.1, 0.15) is 0 Å². The third-order valence-electron chi connectivity index (χ3n) is 0.104. The van der Waals surface area contributed by atoms with Crippen LogP contribution in [0.5, 0.6) is 0 Å². The second kappa shape index (κ2) is 6.86. The quantitative estimate of drug-likeness (QED) is 0.235. The molecule has 12 heteroatoms. The van der Waals surface area contributed by atoms with Crippen molar-refractivity contribution in [3.05, 3.63) is 0 Å². The van der Waals surface area contributed by atoms with E-state index in [-0.39, 0.29) is 17.4 Å². The fourth-order valence-corrected chi connectivity index (χ4v) is 0. The fourth-order valence-electron chi connectivity index (χ4n) is 0. The lowest BCUT2D eigenvalue weighted by molar-refractivity contribution is -0.111. The molecule has 0 fully saturated rings. The maximum absolute atomic E-state index is 10.3. The molecular formula is H8AlFO8SSi. The van der Waals surface area contributed by atoms with Gasteiger partial charge >= 0.3 is 19.4 Å². The van der Waals surface area contributed by atoms with E-state index in [4.69, 9.17) is 31.9 Å². The van der Waals surface area contributed by atoms with Gasteiger partial charge in [-0.15, -0.1) is 0 Å². The molecular weight excluding hydrogens is 234 g/mol. The Balaban J connectivity index is -0.000000126. The van der Waals surface area contributed by atoms with Crippen LogP contribution >= 0.6 is 0 Å². The zero-order chi connectivity index (χ0) is 9.71. The maximum Gasteiger partial charge on any atom is 0.703 e. The Kier molecular flexibility index (Phi) is 10.4. The second-order valence-corrected chi connectivity index (χ2v) is 3.30. The molecule has 0 aromatic carbocycles. The van der Waals surface area contributed by atoms with Crippen molar-refractivity contribution >= 4 is 36.8 Å². The van der Waals surface area contributed by atoms with Crippen LogP contribution in [0, 0.1) is 0 Å². The monoisotopic (exact) mass is 242 g/mol. The molecule has 0 amide bonds. The Morgan fingerprint density at radius 2 is 1.25 bits per heavy atom. The third-order valence-corrected chi connectivity index (χ3v) is 0.311. The molecule has 0 saturated heterocycles. The first-order chi connectivity index (χ1) is 4.56. The molecule has 76 valence electrons. The molecule has 8 nitrogen and oxygen atoms in total. The van der Waals surface area contributed by atoms with E-state index in [0.29, 0.717) is 0 Å². The molecule has 0 spiro atoms. The van der Waals surface area contributed by atoms with Crippen LogP contribution in [0.3, 0.4) is 0 Å². The summed E-state index contributed by atoms with van der Waals surface area (Å²) < 4.78 is 44.1. The summed E-state index contributed by atoms with van der Waals surface area (Å²) >= 11 is 0. The van der Waals surface area contributed by atoms with E-state index in [0.717, 1.165) is 0 Å². The van der Waals surface area contributed by atoms with Gasteiger partial charge < -0.3 is 14.4 Å². The van der Waals surface area contributed by atoms with E-state index < -0.39 is 19.4 Å². The molecule has 0 heterocycles. The largest absolute Gasteiger partial charge is 0.703 e. The van der Waals surface area contributed by atoms with Gasteiger partial charge in [0, 0.05) is 0 Å². The van der Waals surface area contributed by atoms with Crippen molar-refractivity contribution in [1.29, 1.82) is 0 Å². The highest BCUT2D eigenvalue weighted by Crippen LogP contribution is 1.85. The summed E-state index contributed by atoms with van der Waals surface area (Å²) in [6.07, 6.45) is 0. The molecule has 0 unspecified atom stereocenters. The predicted molar refractivity (Wildman–Crippen MR) is 38.7 cm³/mol. The van der Waals surface area contributed by atoms with Crippen molar-refractivity contribution in [2.45, 2.75) is 0 Å². The molecule has 5 N–H and O–H groups in total. The van der Waals surface area contributed by atoms with Crippen molar-refractivity contribution in [2.75, 3.05) is 0 Å². The Labute approximate surface area is 78.3 Å². The van der Waals surface area contributed by atoms with Crippen molar-refractivity contribution in [1.82, 2.24) is 0 Å². The first-order valence-corrected chi connectivity index (χ1v) is 4.87. The van der Waals surface area contributed by atoms with E-state index in [1.807, 2.05) is 0 Å². The van der Waals surface area contributed by atoms with Gasteiger partial charge in [0.1, 0.15) is 0 Å². The molecule has 0 radical (unpaired) electrons. The summed E-state index contributed by atoms with van der Waals surface area (Å²) in [5, 5.41) is 0. The highest BCUT2D eigenvalue weighted by atomic mass is 32.3. The van der Waals surface area contributed by atoms with Crippen LogP contribution in [0.2, 0.25) is 0 Å². The van der Waals surface area contributed by atoms with Gasteiger partial charge in [-0.25, -0.2) is 0 Å². The van der Waals surface area contributed by atoms with E-state index >= 15 is 0 Å². The summed E-state index contributed by atoms with van der Waals surface area (Å²) in [6, 6.07) is 0. The lowest BCUT2D eigenvalue weighted by Gasteiger charge is -1.96. The molecule has 0 atom stereocenters. The minimum absolute atomic E-state index is 0. The topological polar surface area (TPSA) is 145 Å². The summed E-state index contributed by atoms with van der Waals surface area (Å²) in [5.74, 6) is 0. The maximum atomic E-state index is 10.3. The molecule has 0 aliphatic rings. The normalized spacial score (nSPS) is 10.8. The lowest BCUT2D eigenvalue weighted by Crippen LogP contribution is -2.35. The summed E-state index contributed by atoms with van der Waals surface area (Å²) in [6.45, 7) is 0. The highest BCUT2D eigenvalue weighted by Gasteiger charge is 2.31. The van der Waals surface area contributed by atoms with Crippen molar-refractivity contribution in [2.24, 2.45) is 0 Å². The number of hydrogen-bond donors (Lipinski definition) is 5. The van der Waals surface area contributed by atoms with E-state index in [9.17, 15) is 4.53 Å². The third kappa shape index (κ3) is 79.7. The Bertz CT molecular complexity index is 172. The van der Waals surface area contributed by atoms with E-state index in [1.54, 1.807) is 0 Å². The smallest absolute Gasteiger partial charge is 0.366 e. The van der Waals surface area contributed by atoms with E-state index in [1.165, 1.54) is 0 Å². The van der Waals surface area contributed by atoms with E-state index in [2.05, 4.69) is 4.63 Å². The summed E-state index contributed by atoms with van der Waals surface area (Å²) in [5.41, 5.74) is 0. The minimum Gasteiger partial charge on any atom is -0.366 e. The molecule has 0 aromatic rings. The van der Waals surface area contributed by atoms with Gasteiger partial charge in [-0.3, -0.25) is 9.11 Å². The van der Waals surface area contributed by atoms with Crippen LogP contribution in [-0.4, -0.2) is 58.3 Å². The van der Waals surface area contributed by atoms with Crippen LogP contribution in [0.15, 0.2) is 0 Å². The molecule has 0 aromatic heterocycles. The van der Waals surface area contributed by atoms with Crippen LogP contribution in [0.4, 0.5) is 4.53 Å². The first-order valence-electron chi connectivity index (χ1n) is 1.73. The molecule has 0 bridgehead atoms. The standard InChI is InChI=1S/Al.FH3O4Si.H2O4S.3H/c;1-5-6(2,3)4;1-5(2,3)4;;;/h;2-4H;(H2,1,2,3,4);;;. The number of hydrogen-bond acceptors (Lipinski definition) is 6. The molecule has 0 aliphatic carbocycles. The molecule has 0 aliphatic heterocycles. The average molecular weight is 242 g/mol. The lowest BCUT2D eigenvalue weighted by atomic mass is 15.5. The van der Waals surface area contributed by atoms with Gasteiger partial charge in [0.25, 0.3) is 0 Å². The Hall–Kier alpha value is 0.389. The van der Waals surface area contributed by atoms with Crippen LogP contribution in [0.25, 0.3) is 0 Å². The van der Waals surface area contributed by atoms with Gasteiger partial charge in [-0.1, -0.05) is 4.53 Å². The van der Waals surface area contributed by atoms with Gasteiger partial charge in [0.05, 0.1) is 0 Å². The highest BCUT2D eigenvalue weighted by molar-refractivity contribution is 7.79. The number of rotatable bonds is 1. The predicted octanol–water partition coefficient (Wildman–Crippen LogP) is -3.54. The van der Waals surface area contributed by atoms with Gasteiger partial charge in [0.2, 0.25) is 0 Å². The van der Waals surface area contributed by atoms with Crippen LogP contribution < -0.4 is 0 Å². The zero-order valence-corrected chi connectivity index (χ0v) is 6.56. The molecule has 0 rings (SSSR count). The van der Waals surface area contributed by atoms with Gasteiger partial charge in [-0.05, 0) is 0 Å². The Morgan fingerprint density at radius 1 is 1.17 bits per heavy atom. The first kappa shape index (κ1) is 18.2. The molecule has 12 heavy (non-hydrogen) atoms. The average Bonchev–Trinajstić information content (AvgIpc) is 1.59. The second-order valence-electron chi connectivity index (χ2n) is 1.10. The van der Waals surface area contributed by atoms with Gasteiger partial charge in [-0.2, -0.15) is 13.0 Å². The minimum atomic E-state index is -4.80. The SMILES string of the molecule is O=S(=O)(O)O.O[Si](O)(O)OF.[AlH3]. The zero-order valence-electron chi connectivity index (χ0n) is 4.75. The van der Waals surface area contributed by atoms with Crippen molar-refractivity contribution < 1.29 is 41.1 Å². The fraction of sp³-hybridized carbons (Fsp3) is 0. The van der Waals surface area contributed by atoms with Crippen molar-refractivity contribution in [3.8, 4) is 0 Å². The van der Waals surface area contributed by atoms with Crippen molar-refractivity contribution in [3.63, 3.8) is 0 Å². The summed E-state index contributed by atoms with van der Waals surface area (Å²) in [7, 11) is -9.46. The number of halogens is 1. The molecule has 0 saturated carbocycles.